The van der Waals surface area contributed by atoms with E-state index in [0.717, 1.165) is 29.4 Å². The summed E-state index contributed by atoms with van der Waals surface area (Å²) in [6.07, 6.45) is 12.3. The number of aromatic nitrogens is 2. The van der Waals surface area contributed by atoms with E-state index >= 15 is 0 Å². The first-order chi connectivity index (χ1) is 12.1. The maximum absolute atomic E-state index is 10.5. The Kier molecular flexibility index (Phi) is 9.02. The minimum Gasteiger partial charge on any atom is -0.481 e. The largest absolute Gasteiger partial charge is 0.481 e. The summed E-state index contributed by atoms with van der Waals surface area (Å²) in [5, 5.41) is 10.5. The predicted octanol–water partition coefficient (Wildman–Crippen LogP) is 4.63. The number of benzene rings is 1. The van der Waals surface area contributed by atoms with Crippen molar-refractivity contribution in [2.45, 2.75) is 25.7 Å². The molecule has 27 heavy (non-hydrogen) atoms. The molecule has 2 aromatic heterocycles. The average molecular weight is 409 g/mol. The molecule has 0 radical (unpaired) electrons. The lowest BCUT2D eigenvalue weighted by molar-refractivity contribution is -0.137. The number of halogens is 2. The molecule has 0 unspecified atom stereocenters. The fraction of sp³-hybridized carbons (Fsp3) is 0.200. The molecule has 0 spiro atoms. The smallest absolute Gasteiger partial charge is 0.303 e. The number of carboxylic acids is 1. The van der Waals surface area contributed by atoms with Crippen LogP contribution in [-0.2, 0) is 11.2 Å². The Morgan fingerprint density at radius 3 is 2.78 bits per heavy atom. The van der Waals surface area contributed by atoms with Crippen LogP contribution in [0.4, 0.5) is 0 Å². The minimum absolute atomic E-state index is 0. The van der Waals surface area contributed by atoms with Crippen LogP contribution in [0.15, 0.2) is 61.1 Å². The highest BCUT2D eigenvalue weighted by atomic mass is 35.5. The van der Waals surface area contributed by atoms with Crippen molar-refractivity contribution in [3.05, 3.63) is 71.7 Å². The zero-order valence-electron chi connectivity index (χ0n) is 14.6. The van der Waals surface area contributed by atoms with Crippen molar-refractivity contribution in [1.82, 2.24) is 9.55 Å². The number of rotatable bonds is 7. The van der Waals surface area contributed by atoms with Crippen molar-refractivity contribution in [2.24, 2.45) is 0 Å². The number of hydrogen-bond acceptors (Lipinski definition) is 2. The molecule has 0 saturated carbocycles. The molecular weight excluding hydrogens is 387 g/mol. The lowest BCUT2D eigenvalue weighted by Gasteiger charge is -2.04. The first-order valence-electron chi connectivity index (χ1n) is 8.22. The maximum atomic E-state index is 10.5. The maximum Gasteiger partial charge on any atom is 0.303 e. The Balaban J connectivity index is 0.00000182. The summed E-state index contributed by atoms with van der Waals surface area (Å²) in [7, 11) is 0. The molecule has 3 N–H and O–H groups in total. The molecule has 0 amide bonds. The normalized spacial score (nSPS) is 10.6. The van der Waals surface area contributed by atoms with E-state index in [4.69, 9.17) is 16.7 Å². The van der Waals surface area contributed by atoms with Crippen LogP contribution in [0.1, 0.15) is 24.8 Å². The summed E-state index contributed by atoms with van der Waals surface area (Å²) in [6.45, 7) is 0. The zero-order chi connectivity index (χ0) is 17.6. The third kappa shape index (κ3) is 5.82. The Morgan fingerprint density at radius 1 is 1.26 bits per heavy atom. The van der Waals surface area contributed by atoms with Crippen LogP contribution < -0.4 is 0 Å². The Hall–Kier alpha value is -2.34. The molecule has 0 aliphatic heterocycles. The second-order valence-corrected chi connectivity index (χ2v) is 6.29. The molecule has 0 aliphatic rings. The number of unbranched alkanes of at least 4 members (excludes halogenated alkanes) is 1. The summed E-state index contributed by atoms with van der Waals surface area (Å²) in [5.74, 6) is -0.746. The molecule has 144 valence electrons. The Labute approximate surface area is 169 Å². The highest BCUT2D eigenvalue weighted by Gasteiger charge is 2.09. The SMILES string of the molecule is Cl.O.O=C(O)CCC/C=C/Cc1cn(-c2cccnc2)c2cc(Cl)ccc12. The number of fused-ring (bicyclic) bond motifs is 1. The minimum atomic E-state index is -0.746. The third-order valence-electron chi connectivity index (χ3n) is 4.04. The van der Waals surface area contributed by atoms with Gasteiger partial charge in [0.2, 0.25) is 0 Å². The van der Waals surface area contributed by atoms with Crippen LogP contribution in [0.2, 0.25) is 5.02 Å². The van der Waals surface area contributed by atoms with Crippen LogP contribution in [-0.4, -0.2) is 26.1 Å². The number of pyridine rings is 1. The van der Waals surface area contributed by atoms with Gasteiger partial charge in [-0.25, -0.2) is 0 Å². The van der Waals surface area contributed by atoms with Crippen molar-refractivity contribution in [3.8, 4) is 5.69 Å². The summed E-state index contributed by atoms with van der Waals surface area (Å²) >= 11 is 6.18. The zero-order valence-corrected chi connectivity index (χ0v) is 16.2. The van der Waals surface area contributed by atoms with E-state index in [9.17, 15) is 4.79 Å². The van der Waals surface area contributed by atoms with Crippen molar-refractivity contribution in [3.63, 3.8) is 0 Å². The quantitative estimate of drug-likeness (QED) is 0.456. The van der Waals surface area contributed by atoms with Crippen molar-refractivity contribution >= 4 is 40.9 Å². The Bertz CT molecular complexity index is 908. The predicted molar refractivity (Wildman–Crippen MR) is 111 cm³/mol. The van der Waals surface area contributed by atoms with Gasteiger partial charge in [0, 0.05) is 29.2 Å². The Morgan fingerprint density at radius 2 is 2.07 bits per heavy atom. The van der Waals surface area contributed by atoms with E-state index in [-0.39, 0.29) is 24.3 Å². The molecule has 5 nitrogen and oxygen atoms in total. The molecule has 0 saturated heterocycles. The lowest BCUT2D eigenvalue weighted by atomic mass is 10.1. The summed E-state index contributed by atoms with van der Waals surface area (Å²) in [6, 6.07) is 9.83. The van der Waals surface area contributed by atoms with Crippen LogP contribution in [0.5, 0.6) is 0 Å². The van der Waals surface area contributed by atoms with E-state index in [1.54, 1.807) is 6.20 Å². The molecule has 3 aromatic rings. The van der Waals surface area contributed by atoms with Gasteiger partial charge in [-0.3, -0.25) is 9.78 Å². The van der Waals surface area contributed by atoms with Gasteiger partial charge in [0.15, 0.2) is 0 Å². The van der Waals surface area contributed by atoms with E-state index in [2.05, 4.69) is 21.8 Å². The highest BCUT2D eigenvalue weighted by molar-refractivity contribution is 6.31. The van der Waals surface area contributed by atoms with Gasteiger partial charge in [-0.1, -0.05) is 29.8 Å². The van der Waals surface area contributed by atoms with Crippen LogP contribution in [0, 0.1) is 0 Å². The number of carboxylic acid groups (broad SMARTS) is 1. The molecule has 2 heterocycles. The fourth-order valence-electron chi connectivity index (χ4n) is 2.84. The summed E-state index contributed by atoms with van der Waals surface area (Å²) < 4.78 is 2.10. The number of allylic oxidation sites excluding steroid dienone is 2. The first-order valence-corrected chi connectivity index (χ1v) is 8.59. The van der Waals surface area contributed by atoms with Gasteiger partial charge in [0.1, 0.15) is 0 Å². The van der Waals surface area contributed by atoms with Gasteiger partial charge in [-0.05, 0) is 49.1 Å². The van der Waals surface area contributed by atoms with Crippen molar-refractivity contribution < 1.29 is 15.4 Å². The summed E-state index contributed by atoms with van der Waals surface area (Å²) in [4.78, 5) is 14.7. The van der Waals surface area contributed by atoms with E-state index in [0.29, 0.717) is 11.4 Å². The van der Waals surface area contributed by atoms with Gasteiger partial charge in [-0.15, -0.1) is 12.4 Å². The van der Waals surface area contributed by atoms with Crippen LogP contribution in [0.25, 0.3) is 16.6 Å². The first kappa shape index (κ1) is 22.7. The highest BCUT2D eigenvalue weighted by Crippen LogP contribution is 2.28. The molecule has 0 bridgehead atoms. The molecule has 0 fully saturated rings. The molecule has 0 atom stereocenters. The van der Waals surface area contributed by atoms with E-state index in [1.807, 2.05) is 42.6 Å². The molecule has 0 aliphatic carbocycles. The van der Waals surface area contributed by atoms with Crippen LogP contribution in [0.3, 0.4) is 0 Å². The molecule has 3 rings (SSSR count). The summed E-state index contributed by atoms with van der Waals surface area (Å²) in [5.41, 5.74) is 3.24. The lowest BCUT2D eigenvalue weighted by Crippen LogP contribution is -1.92. The van der Waals surface area contributed by atoms with Crippen molar-refractivity contribution in [2.75, 3.05) is 0 Å². The van der Waals surface area contributed by atoms with Crippen LogP contribution >= 0.6 is 24.0 Å². The standard InChI is InChI=1S/C20H19ClN2O2.ClH.H2O/c21-16-9-10-18-15(6-3-1-2-4-8-20(24)25)14-23(19(18)12-16)17-7-5-11-22-13-17;;/h1,3,5,7,9-14H,2,4,6,8H2,(H,24,25);1H;1H2/b3-1+;;. The second-order valence-electron chi connectivity index (χ2n) is 5.86. The second kappa shape index (κ2) is 10.7. The number of hydrogen-bond donors (Lipinski definition) is 1. The van der Waals surface area contributed by atoms with Gasteiger partial charge >= 0.3 is 5.97 Å². The number of carbonyl (C=O) groups is 1. The van der Waals surface area contributed by atoms with E-state index in [1.165, 1.54) is 5.56 Å². The van der Waals surface area contributed by atoms with Gasteiger partial charge in [0.25, 0.3) is 0 Å². The topological polar surface area (TPSA) is 86.6 Å². The molecule has 1 aromatic carbocycles. The van der Waals surface area contributed by atoms with Crippen molar-refractivity contribution in [1.29, 1.82) is 0 Å². The number of nitrogens with zero attached hydrogens (tertiary/aromatic N) is 2. The van der Waals surface area contributed by atoms with E-state index < -0.39 is 5.97 Å². The van der Waals surface area contributed by atoms with Gasteiger partial charge < -0.3 is 15.1 Å². The molecule has 7 heteroatoms. The fourth-order valence-corrected chi connectivity index (χ4v) is 3.01. The molecular formula is C20H22Cl2N2O3. The average Bonchev–Trinajstić information content (AvgIpc) is 2.96. The van der Waals surface area contributed by atoms with Gasteiger partial charge in [-0.2, -0.15) is 0 Å². The third-order valence-corrected chi connectivity index (χ3v) is 4.28. The van der Waals surface area contributed by atoms with Gasteiger partial charge in [0.05, 0.1) is 17.4 Å². The monoisotopic (exact) mass is 408 g/mol. The number of aliphatic carboxylic acids is 1.